The van der Waals surface area contributed by atoms with Gasteiger partial charge in [-0.2, -0.15) is 9.78 Å². The number of hydrogen-bond donors (Lipinski definition) is 0. The minimum absolute atomic E-state index is 0.240. The van der Waals surface area contributed by atoms with Crippen molar-refractivity contribution in [3.8, 4) is 11.5 Å². The zero-order chi connectivity index (χ0) is 24.0. The molecule has 1 aromatic heterocycles. The standard InChI is InChI=1S/C24H26BrN3O5/c1-5-7-22-27-19-10-9-17(25)13-18(19)23(29)28(22)26-14-16-8-11-20(21(12-16)31-4)33-15(3)24(30)32-6-2/h8-15H,5-7H2,1-4H3/t15-/m0/s1. The maximum atomic E-state index is 13.1. The number of aryl methyl sites for hydroxylation is 1. The predicted molar refractivity (Wildman–Crippen MR) is 130 cm³/mol. The summed E-state index contributed by atoms with van der Waals surface area (Å²) in [7, 11) is 1.51. The quantitative estimate of drug-likeness (QED) is 0.311. The highest BCUT2D eigenvalue weighted by molar-refractivity contribution is 9.10. The molecule has 3 rings (SSSR count). The number of nitrogens with zero attached hydrogens (tertiary/aromatic N) is 3. The van der Waals surface area contributed by atoms with E-state index in [1.165, 1.54) is 11.8 Å². The van der Waals surface area contributed by atoms with Crippen molar-refractivity contribution in [2.24, 2.45) is 5.10 Å². The summed E-state index contributed by atoms with van der Waals surface area (Å²) in [5, 5.41) is 4.91. The van der Waals surface area contributed by atoms with Crippen LogP contribution in [0, 0.1) is 0 Å². The van der Waals surface area contributed by atoms with Gasteiger partial charge in [-0.3, -0.25) is 4.79 Å². The Morgan fingerprint density at radius 2 is 2.00 bits per heavy atom. The molecule has 0 aliphatic heterocycles. The van der Waals surface area contributed by atoms with Crippen LogP contribution in [0.1, 0.15) is 38.6 Å². The summed E-state index contributed by atoms with van der Waals surface area (Å²) in [6.07, 6.45) is 2.22. The number of hydrogen-bond acceptors (Lipinski definition) is 7. The summed E-state index contributed by atoms with van der Waals surface area (Å²) in [6.45, 7) is 5.64. The molecule has 9 heteroatoms. The van der Waals surface area contributed by atoms with Gasteiger partial charge < -0.3 is 14.2 Å². The predicted octanol–water partition coefficient (Wildman–Crippen LogP) is 4.33. The highest BCUT2D eigenvalue weighted by atomic mass is 79.9. The van der Waals surface area contributed by atoms with Gasteiger partial charge in [0.25, 0.3) is 5.56 Å². The molecule has 0 fully saturated rings. The third-order valence-corrected chi connectivity index (χ3v) is 5.27. The average Bonchev–Trinajstić information content (AvgIpc) is 2.80. The molecule has 0 N–H and O–H groups in total. The first-order valence-corrected chi connectivity index (χ1v) is 11.4. The van der Waals surface area contributed by atoms with Crippen LogP contribution in [0.5, 0.6) is 11.5 Å². The van der Waals surface area contributed by atoms with Gasteiger partial charge in [-0.05, 0) is 62.2 Å². The number of halogens is 1. The number of methoxy groups -OCH3 is 1. The number of ether oxygens (including phenoxy) is 3. The molecule has 0 spiro atoms. The third kappa shape index (κ3) is 5.78. The number of carbonyl (C=O) groups is 1. The van der Waals surface area contributed by atoms with E-state index in [4.69, 9.17) is 14.2 Å². The van der Waals surface area contributed by atoms with Crippen molar-refractivity contribution < 1.29 is 19.0 Å². The van der Waals surface area contributed by atoms with Crippen LogP contribution in [-0.2, 0) is 16.0 Å². The smallest absolute Gasteiger partial charge is 0.347 e. The molecular weight excluding hydrogens is 490 g/mol. The van der Waals surface area contributed by atoms with Gasteiger partial charge in [-0.1, -0.05) is 22.9 Å². The van der Waals surface area contributed by atoms with Crippen LogP contribution in [0.15, 0.2) is 50.8 Å². The van der Waals surface area contributed by atoms with Gasteiger partial charge >= 0.3 is 5.97 Å². The van der Waals surface area contributed by atoms with Gasteiger partial charge in [0.2, 0.25) is 0 Å². The second-order valence-electron chi connectivity index (χ2n) is 7.22. The molecule has 0 saturated heterocycles. The molecule has 0 aliphatic carbocycles. The summed E-state index contributed by atoms with van der Waals surface area (Å²) in [5.41, 5.74) is 1.08. The van der Waals surface area contributed by atoms with E-state index < -0.39 is 12.1 Å². The molecule has 0 bridgehead atoms. The number of rotatable bonds is 9. The normalized spacial score (nSPS) is 12.2. The zero-order valence-corrected chi connectivity index (χ0v) is 20.6. The average molecular weight is 516 g/mol. The molecule has 0 unspecified atom stereocenters. The van der Waals surface area contributed by atoms with E-state index in [0.29, 0.717) is 40.2 Å². The first kappa shape index (κ1) is 24.4. The fourth-order valence-corrected chi connectivity index (χ4v) is 3.54. The van der Waals surface area contributed by atoms with E-state index in [2.05, 4.69) is 26.0 Å². The van der Waals surface area contributed by atoms with Crippen LogP contribution in [0.2, 0.25) is 0 Å². The third-order valence-electron chi connectivity index (χ3n) is 4.78. The van der Waals surface area contributed by atoms with Gasteiger partial charge in [-0.25, -0.2) is 9.78 Å². The molecular formula is C24H26BrN3O5. The maximum Gasteiger partial charge on any atom is 0.347 e. The molecule has 3 aromatic rings. The first-order chi connectivity index (χ1) is 15.9. The molecule has 0 radical (unpaired) electrons. The number of benzene rings is 2. The SMILES string of the molecule is CCCc1nc2ccc(Br)cc2c(=O)n1N=Cc1ccc(O[C@@H](C)C(=O)OCC)c(OC)c1. The minimum atomic E-state index is -0.781. The highest BCUT2D eigenvalue weighted by Crippen LogP contribution is 2.28. The second-order valence-corrected chi connectivity index (χ2v) is 8.14. The molecule has 8 nitrogen and oxygen atoms in total. The molecule has 0 amide bonds. The maximum absolute atomic E-state index is 13.1. The number of fused-ring (bicyclic) bond motifs is 1. The summed E-state index contributed by atoms with van der Waals surface area (Å²) >= 11 is 3.40. The second kappa shape index (κ2) is 11.1. The lowest BCUT2D eigenvalue weighted by atomic mass is 10.2. The van der Waals surface area contributed by atoms with Crippen LogP contribution in [0.3, 0.4) is 0 Å². The van der Waals surface area contributed by atoms with Crippen molar-refractivity contribution >= 4 is 39.0 Å². The molecule has 0 aliphatic rings. The van der Waals surface area contributed by atoms with Gasteiger partial charge in [0.1, 0.15) is 5.82 Å². The van der Waals surface area contributed by atoms with Gasteiger partial charge in [0.05, 0.1) is 30.8 Å². The Morgan fingerprint density at radius 1 is 1.21 bits per heavy atom. The zero-order valence-electron chi connectivity index (χ0n) is 19.0. The summed E-state index contributed by atoms with van der Waals surface area (Å²) < 4.78 is 18.2. The fraction of sp³-hybridized carbons (Fsp3) is 0.333. The lowest BCUT2D eigenvalue weighted by molar-refractivity contribution is -0.150. The van der Waals surface area contributed by atoms with Gasteiger partial charge in [-0.15, -0.1) is 0 Å². The van der Waals surface area contributed by atoms with Gasteiger partial charge in [0, 0.05) is 10.9 Å². The Hall–Kier alpha value is -3.20. The minimum Gasteiger partial charge on any atom is -0.493 e. The summed E-state index contributed by atoms with van der Waals surface area (Å²) in [4.78, 5) is 29.6. The van der Waals surface area contributed by atoms with E-state index in [1.807, 2.05) is 19.1 Å². The van der Waals surface area contributed by atoms with E-state index in [9.17, 15) is 9.59 Å². The largest absolute Gasteiger partial charge is 0.493 e. The summed E-state index contributed by atoms with van der Waals surface area (Å²) in [5.74, 6) is 0.959. The Bertz CT molecular complexity index is 1240. The van der Waals surface area contributed by atoms with Crippen molar-refractivity contribution in [2.75, 3.05) is 13.7 Å². The Morgan fingerprint density at radius 3 is 2.70 bits per heavy atom. The topological polar surface area (TPSA) is 92.0 Å². The Kier molecular flexibility index (Phi) is 8.21. The van der Waals surface area contributed by atoms with E-state index in [-0.39, 0.29) is 12.2 Å². The molecule has 2 aromatic carbocycles. The van der Waals surface area contributed by atoms with Crippen molar-refractivity contribution in [3.63, 3.8) is 0 Å². The lowest BCUT2D eigenvalue weighted by Crippen LogP contribution is -2.26. The lowest BCUT2D eigenvalue weighted by Gasteiger charge is -2.16. The highest BCUT2D eigenvalue weighted by Gasteiger charge is 2.18. The van der Waals surface area contributed by atoms with Crippen LogP contribution in [0.25, 0.3) is 10.9 Å². The van der Waals surface area contributed by atoms with E-state index in [1.54, 1.807) is 44.3 Å². The molecule has 0 saturated carbocycles. The summed E-state index contributed by atoms with van der Waals surface area (Å²) in [6, 6.07) is 10.6. The van der Waals surface area contributed by atoms with Gasteiger partial charge in [0.15, 0.2) is 17.6 Å². The van der Waals surface area contributed by atoms with E-state index >= 15 is 0 Å². The molecule has 1 heterocycles. The molecule has 33 heavy (non-hydrogen) atoms. The number of aromatic nitrogens is 2. The van der Waals surface area contributed by atoms with Crippen molar-refractivity contribution in [2.45, 2.75) is 39.7 Å². The molecule has 1 atom stereocenters. The van der Waals surface area contributed by atoms with E-state index in [0.717, 1.165) is 10.9 Å². The van der Waals surface area contributed by atoms with Crippen molar-refractivity contribution in [1.82, 2.24) is 9.66 Å². The van der Waals surface area contributed by atoms with Crippen LogP contribution < -0.4 is 15.0 Å². The van der Waals surface area contributed by atoms with Crippen LogP contribution in [0.4, 0.5) is 0 Å². The van der Waals surface area contributed by atoms with Crippen molar-refractivity contribution in [3.05, 3.63) is 62.6 Å². The van der Waals surface area contributed by atoms with Crippen LogP contribution >= 0.6 is 15.9 Å². The molecule has 174 valence electrons. The number of carbonyl (C=O) groups excluding carboxylic acids is 1. The monoisotopic (exact) mass is 515 g/mol. The first-order valence-electron chi connectivity index (χ1n) is 10.6. The Labute approximate surface area is 200 Å². The van der Waals surface area contributed by atoms with Crippen molar-refractivity contribution in [1.29, 1.82) is 0 Å². The number of esters is 1. The fourth-order valence-electron chi connectivity index (χ4n) is 3.18. The van der Waals surface area contributed by atoms with Crippen LogP contribution in [-0.4, -0.2) is 41.7 Å². The Balaban J connectivity index is 1.94.